The van der Waals surface area contributed by atoms with Crippen molar-refractivity contribution in [3.63, 3.8) is 0 Å². The average Bonchev–Trinajstić information content (AvgIpc) is 2.94. The van der Waals surface area contributed by atoms with Crippen LogP contribution in [0.5, 0.6) is 5.75 Å². The molecule has 1 unspecified atom stereocenters. The summed E-state index contributed by atoms with van der Waals surface area (Å²) in [5.41, 5.74) is 0.762. The molecule has 2 amide bonds. The molecule has 0 spiro atoms. The van der Waals surface area contributed by atoms with E-state index in [1.807, 2.05) is 31.2 Å². The highest BCUT2D eigenvalue weighted by molar-refractivity contribution is 6.06. The van der Waals surface area contributed by atoms with E-state index >= 15 is 0 Å². The quantitative estimate of drug-likeness (QED) is 0.837. The van der Waals surface area contributed by atoms with Gasteiger partial charge in [0.05, 0.1) is 6.61 Å². The summed E-state index contributed by atoms with van der Waals surface area (Å²) in [7, 11) is 0. The number of hydrogen-bond donors (Lipinski definition) is 0. The molecule has 2 saturated heterocycles. The number of hydrogen-bond acceptors (Lipinski definition) is 3. The number of benzene rings is 1. The molecule has 5 heteroatoms. The Hall–Kier alpha value is -2.04. The first-order valence-electron chi connectivity index (χ1n) is 7.04. The molecule has 3 rings (SSSR count). The van der Waals surface area contributed by atoms with Crippen LogP contribution in [0, 0.1) is 0 Å². The monoisotopic (exact) mass is 274 g/mol. The van der Waals surface area contributed by atoms with Gasteiger partial charge in [0.25, 0.3) is 0 Å². The van der Waals surface area contributed by atoms with Crippen molar-refractivity contribution in [2.45, 2.75) is 25.8 Å². The molecule has 2 aliphatic rings. The van der Waals surface area contributed by atoms with E-state index in [4.69, 9.17) is 4.74 Å². The van der Waals surface area contributed by atoms with Crippen LogP contribution in [0.3, 0.4) is 0 Å². The van der Waals surface area contributed by atoms with Gasteiger partial charge in [-0.05, 0) is 44.0 Å². The molecular weight excluding hydrogens is 256 g/mol. The SMILES string of the molecule is CCOc1ccc(N2CC(=O)N3CCCC3C2=O)cc1. The van der Waals surface area contributed by atoms with Crippen molar-refractivity contribution in [1.82, 2.24) is 4.90 Å². The minimum absolute atomic E-state index is 0.0336. The van der Waals surface area contributed by atoms with Crippen molar-refractivity contribution < 1.29 is 14.3 Å². The first-order valence-corrected chi connectivity index (χ1v) is 7.04. The summed E-state index contributed by atoms with van der Waals surface area (Å²) in [4.78, 5) is 27.8. The molecule has 5 nitrogen and oxygen atoms in total. The highest BCUT2D eigenvalue weighted by atomic mass is 16.5. The summed E-state index contributed by atoms with van der Waals surface area (Å²) >= 11 is 0. The number of ether oxygens (including phenoxy) is 1. The zero-order chi connectivity index (χ0) is 14.1. The molecular formula is C15H18N2O3. The van der Waals surface area contributed by atoms with Crippen LogP contribution in [0.2, 0.25) is 0 Å². The van der Waals surface area contributed by atoms with Crippen LogP contribution in [-0.4, -0.2) is 42.5 Å². The number of anilines is 1. The Bertz CT molecular complexity index is 526. The summed E-state index contributed by atoms with van der Waals surface area (Å²) < 4.78 is 5.39. The van der Waals surface area contributed by atoms with E-state index in [2.05, 4.69) is 0 Å². The van der Waals surface area contributed by atoms with Gasteiger partial charge in [-0.2, -0.15) is 0 Å². The number of carbonyl (C=O) groups is 2. The number of piperazine rings is 1. The largest absolute Gasteiger partial charge is 0.494 e. The number of fused-ring (bicyclic) bond motifs is 1. The van der Waals surface area contributed by atoms with Gasteiger partial charge < -0.3 is 14.5 Å². The van der Waals surface area contributed by atoms with Crippen LogP contribution in [0.1, 0.15) is 19.8 Å². The van der Waals surface area contributed by atoms with Crippen LogP contribution in [0.25, 0.3) is 0 Å². The number of rotatable bonds is 3. The molecule has 0 N–H and O–H groups in total. The van der Waals surface area contributed by atoms with Gasteiger partial charge in [-0.15, -0.1) is 0 Å². The molecule has 106 valence electrons. The van der Waals surface area contributed by atoms with Gasteiger partial charge in [-0.1, -0.05) is 0 Å². The maximum absolute atomic E-state index is 12.5. The maximum atomic E-state index is 12.5. The molecule has 0 aromatic heterocycles. The predicted octanol–water partition coefficient (Wildman–Crippen LogP) is 1.42. The number of nitrogens with zero attached hydrogens (tertiary/aromatic N) is 2. The Morgan fingerprint density at radius 1 is 1.25 bits per heavy atom. The Morgan fingerprint density at radius 3 is 2.70 bits per heavy atom. The molecule has 0 radical (unpaired) electrons. The smallest absolute Gasteiger partial charge is 0.250 e. The van der Waals surface area contributed by atoms with E-state index in [0.717, 1.165) is 24.3 Å². The van der Waals surface area contributed by atoms with Gasteiger partial charge in [-0.25, -0.2) is 0 Å². The third-order valence-corrected chi connectivity index (χ3v) is 3.88. The van der Waals surface area contributed by atoms with Gasteiger partial charge in [0.1, 0.15) is 18.3 Å². The van der Waals surface area contributed by atoms with Gasteiger partial charge in [0.2, 0.25) is 11.8 Å². The zero-order valence-electron chi connectivity index (χ0n) is 11.5. The lowest BCUT2D eigenvalue weighted by atomic mass is 10.1. The molecule has 1 atom stereocenters. The summed E-state index contributed by atoms with van der Waals surface area (Å²) in [6.45, 7) is 3.39. The van der Waals surface area contributed by atoms with Gasteiger partial charge in [0, 0.05) is 12.2 Å². The molecule has 0 bridgehead atoms. The molecule has 2 aliphatic heterocycles. The number of carbonyl (C=O) groups excluding carboxylic acids is 2. The standard InChI is InChI=1S/C15H18N2O3/c1-2-20-12-7-5-11(6-8-12)17-10-14(18)16-9-3-4-13(16)15(17)19/h5-8,13H,2-4,9-10H2,1H3. The van der Waals surface area contributed by atoms with Crippen LogP contribution < -0.4 is 9.64 Å². The zero-order valence-corrected chi connectivity index (χ0v) is 11.5. The lowest BCUT2D eigenvalue weighted by Gasteiger charge is -2.36. The van der Waals surface area contributed by atoms with Crippen LogP contribution in [0.4, 0.5) is 5.69 Å². The second kappa shape index (κ2) is 5.15. The summed E-state index contributed by atoms with van der Waals surface area (Å²) in [5.74, 6) is 0.849. The lowest BCUT2D eigenvalue weighted by molar-refractivity contribution is -0.140. The van der Waals surface area contributed by atoms with E-state index in [-0.39, 0.29) is 24.4 Å². The van der Waals surface area contributed by atoms with Gasteiger partial charge in [-0.3, -0.25) is 9.59 Å². The second-order valence-corrected chi connectivity index (χ2v) is 5.10. The summed E-state index contributed by atoms with van der Waals surface area (Å²) in [6.07, 6.45) is 1.69. The predicted molar refractivity (Wildman–Crippen MR) is 74.7 cm³/mol. The van der Waals surface area contributed by atoms with Crippen molar-refractivity contribution in [2.24, 2.45) is 0 Å². The van der Waals surface area contributed by atoms with Crippen LogP contribution in [-0.2, 0) is 9.59 Å². The highest BCUT2D eigenvalue weighted by Crippen LogP contribution is 2.28. The first-order chi connectivity index (χ1) is 9.70. The van der Waals surface area contributed by atoms with Gasteiger partial charge >= 0.3 is 0 Å². The fourth-order valence-corrected chi connectivity index (χ4v) is 2.91. The molecule has 20 heavy (non-hydrogen) atoms. The lowest BCUT2D eigenvalue weighted by Crippen LogP contribution is -2.57. The van der Waals surface area contributed by atoms with Crippen molar-refractivity contribution in [3.05, 3.63) is 24.3 Å². The Balaban J connectivity index is 1.82. The molecule has 2 heterocycles. The van der Waals surface area contributed by atoms with E-state index in [1.165, 1.54) is 0 Å². The third kappa shape index (κ3) is 2.13. The van der Waals surface area contributed by atoms with E-state index in [0.29, 0.717) is 13.2 Å². The fourth-order valence-electron chi connectivity index (χ4n) is 2.91. The fraction of sp³-hybridized carbons (Fsp3) is 0.467. The summed E-state index contributed by atoms with van der Waals surface area (Å²) in [5, 5.41) is 0. The van der Waals surface area contributed by atoms with Crippen molar-refractivity contribution in [1.29, 1.82) is 0 Å². The molecule has 2 fully saturated rings. The highest BCUT2D eigenvalue weighted by Gasteiger charge is 2.42. The van der Waals surface area contributed by atoms with Crippen molar-refractivity contribution in [2.75, 3.05) is 24.6 Å². The minimum Gasteiger partial charge on any atom is -0.494 e. The molecule has 1 aromatic carbocycles. The molecule has 1 aromatic rings. The van der Waals surface area contributed by atoms with Crippen LogP contribution >= 0.6 is 0 Å². The number of amides is 2. The normalized spacial score (nSPS) is 22.1. The van der Waals surface area contributed by atoms with Gasteiger partial charge in [0.15, 0.2) is 0 Å². The first kappa shape index (κ1) is 13.0. The topological polar surface area (TPSA) is 49.9 Å². The van der Waals surface area contributed by atoms with E-state index < -0.39 is 0 Å². The average molecular weight is 274 g/mol. The Labute approximate surface area is 118 Å². The van der Waals surface area contributed by atoms with E-state index in [1.54, 1.807) is 9.80 Å². The van der Waals surface area contributed by atoms with Crippen molar-refractivity contribution >= 4 is 17.5 Å². The summed E-state index contributed by atoms with van der Waals surface area (Å²) in [6, 6.07) is 7.07. The van der Waals surface area contributed by atoms with E-state index in [9.17, 15) is 9.59 Å². The maximum Gasteiger partial charge on any atom is 0.250 e. The minimum atomic E-state index is -0.261. The third-order valence-electron chi connectivity index (χ3n) is 3.88. The van der Waals surface area contributed by atoms with Crippen LogP contribution in [0.15, 0.2) is 24.3 Å². The molecule has 0 aliphatic carbocycles. The molecule has 0 saturated carbocycles. The second-order valence-electron chi connectivity index (χ2n) is 5.10. The Morgan fingerprint density at radius 2 is 2.00 bits per heavy atom. The van der Waals surface area contributed by atoms with Crippen molar-refractivity contribution in [3.8, 4) is 5.75 Å². The Kier molecular flexibility index (Phi) is 3.34.